The molecule has 2 aromatic heterocycles. The molecule has 0 bridgehead atoms. The number of imidazole rings is 2. The number of alkyl carbamates (subject to hydrolysis) is 1. The molecule has 0 radical (unpaired) electrons. The van der Waals surface area contributed by atoms with Gasteiger partial charge >= 0.3 is 6.09 Å². The molecule has 0 unspecified atom stereocenters. The largest absolute Gasteiger partial charge is 0.453 e. The molecule has 2 aromatic carbocycles. The van der Waals surface area contributed by atoms with Crippen LogP contribution in [0.25, 0.3) is 22.3 Å². The molecular weight excluding hydrogens is 632 g/mol. The molecule has 5 N–H and O–H groups in total. The number of nitrogens with zero attached hydrogens (tertiary/aromatic N) is 4. The van der Waals surface area contributed by atoms with Crippen LogP contribution in [0.4, 0.5) is 4.79 Å². The summed E-state index contributed by atoms with van der Waals surface area (Å²) in [5, 5.41) is 2.69. The molecule has 0 spiro atoms. The van der Waals surface area contributed by atoms with Crippen molar-refractivity contribution in [2.75, 3.05) is 20.2 Å². The summed E-state index contributed by atoms with van der Waals surface area (Å²) in [6.45, 7) is 9.02. The van der Waals surface area contributed by atoms with Gasteiger partial charge in [0.2, 0.25) is 11.8 Å². The molecule has 12 heteroatoms. The minimum atomic E-state index is -0.686. The highest BCUT2D eigenvalue weighted by Crippen LogP contribution is 2.34. The number of H-pyrrole nitrogens is 2. The van der Waals surface area contributed by atoms with Crippen molar-refractivity contribution in [1.82, 2.24) is 35.1 Å². The Hall–Kier alpha value is -5.15. The fourth-order valence-corrected chi connectivity index (χ4v) is 6.78. The Kier molecular flexibility index (Phi) is 10.2. The van der Waals surface area contributed by atoms with Crippen LogP contribution in [-0.2, 0) is 14.3 Å². The molecule has 2 saturated heterocycles. The molecule has 2 fully saturated rings. The van der Waals surface area contributed by atoms with Crippen LogP contribution in [0, 0.1) is 23.7 Å². The predicted octanol–water partition coefficient (Wildman–Crippen LogP) is 5.04. The summed E-state index contributed by atoms with van der Waals surface area (Å²) in [5.74, 6) is 7.84. The molecule has 50 heavy (non-hydrogen) atoms. The molecule has 6 rings (SSSR count). The van der Waals surface area contributed by atoms with E-state index in [-0.39, 0.29) is 35.7 Å². The number of ether oxygens (including phenoxy) is 1. The Morgan fingerprint density at radius 3 is 2.18 bits per heavy atom. The number of aromatic amines is 2. The number of benzene rings is 2. The van der Waals surface area contributed by atoms with E-state index in [0.717, 1.165) is 70.7 Å². The Morgan fingerprint density at radius 1 is 0.880 bits per heavy atom. The first-order chi connectivity index (χ1) is 24.0. The van der Waals surface area contributed by atoms with E-state index < -0.39 is 18.2 Å². The van der Waals surface area contributed by atoms with Gasteiger partial charge in [-0.2, -0.15) is 0 Å². The van der Waals surface area contributed by atoms with Crippen molar-refractivity contribution in [2.45, 2.75) is 77.5 Å². The van der Waals surface area contributed by atoms with Gasteiger partial charge in [0, 0.05) is 24.2 Å². The molecule has 4 atom stereocenters. The molecule has 2 aliphatic heterocycles. The second-order valence-electron chi connectivity index (χ2n) is 13.9. The van der Waals surface area contributed by atoms with E-state index in [2.05, 4.69) is 32.1 Å². The number of fused-ring (bicyclic) bond motifs is 1. The fraction of sp³-hybridized carbons (Fsp3) is 0.447. The van der Waals surface area contributed by atoms with Gasteiger partial charge in [-0.05, 0) is 73.4 Å². The Balaban J connectivity index is 1.13. The van der Waals surface area contributed by atoms with E-state index in [1.807, 2.05) is 81.3 Å². The first-order valence-corrected chi connectivity index (χ1v) is 17.4. The SMILES string of the molecule is COC(=O)N[C@H](C(=O)N1CCC[C@H]1c1nc2ccc(C#Cc3ccc(-c4cnc([C@@H]5CCCN5C(=O)[C@H](N)C(C)C)[nH]4)cc3)cc2[nH]1)C(C)C. The highest BCUT2D eigenvalue weighted by Gasteiger charge is 2.38. The summed E-state index contributed by atoms with van der Waals surface area (Å²) in [6, 6.07) is 12.3. The number of carbonyl (C=O) groups excluding carboxylic acids is 3. The summed E-state index contributed by atoms with van der Waals surface area (Å²) in [6.07, 6.45) is 4.61. The monoisotopic (exact) mass is 678 g/mol. The average molecular weight is 679 g/mol. The third kappa shape index (κ3) is 7.23. The van der Waals surface area contributed by atoms with Crippen molar-refractivity contribution < 1.29 is 19.1 Å². The number of nitrogens with two attached hydrogens (primary N) is 1. The average Bonchev–Trinajstić information content (AvgIpc) is 3.94. The van der Waals surface area contributed by atoms with Crippen molar-refractivity contribution in [2.24, 2.45) is 17.6 Å². The van der Waals surface area contributed by atoms with Crippen LogP contribution in [0.5, 0.6) is 0 Å². The molecule has 3 amide bonds. The van der Waals surface area contributed by atoms with Crippen LogP contribution in [0.2, 0.25) is 0 Å². The molecule has 0 saturated carbocycles. The molecule has 4 aromatic rings. The van der Waals surface area contributed by atoms with Gasteiger partial charge < -0.3 is 35.6 Å². The van der Waals surface area contributed by atoms with Gasteiger partial charge in [0.1, 0.15) is 17.7 Å². The predicted molar refractivity (Wildman–Crippen MR) is 190 cm³/mol. The van der Waals surface area contributed by atoms with Crippen LogP contribution < -0.4 is 11.1 Å². The van der Waals surface area contributed by atoms with E-state index in [1.54, 1.807) is 4.90 Å². The van der Waals surface area contributed by atoms with Crippen molar-refractivity contribution >= 4 is 28.9 Å². The third-order valence-corrected chi connectivity index (χ3v) is 9.74. The smallest absolute Gasteiger partial charge is 0.407 e. The van der Waals surface area contributed by atoms with E-state index in [9.17, 15) is 14.4 Å². The first kappa shape index (κ1) is 34.7. The van der Waals surface area contributed by atoms with E-state index in [4.69, 9.17) is 15.5 Å². The standard InChI is InChI=1S/C38H46N8O4/c1-22(2)32(39)36(47)45-18-6-8-30(45)34-40-21-29(43-34)26-15-12-24(13-16-26)10-11-25-14-17-27-28(20-25)42-35(41-27)31-9-7-19-46(31)37(48)33(23(3)4)44-38(49)50-5/h12-17,20-23,30-33H,6-9,18-19,39H2,1-5H3,(H,40,43)(H,41,42)(H,44,49)/t30-,31-,32+,33-/m0/s1. The van der Waals surface area contributed by atoms with E-state index >= 15 is 0 Å². The zero-order valence-corrected chi connectivity index (χ0v) is 29.3. The zero-order valence-electron chi connectivity index (χ0n) is 29.3. The van der Waals surface area contributed by atoms with Gasteiger partial charge in [0.15, 0.2) is 0 Å². The maximum absolute atomic E-state index is 13.5. The number of rotatable bonds is 8. The lowest BCUT2D eigenvalue weighted by Crippen LogP contribution is -2.51. The zero-order chi connectivity index (χ0) is 35.5. The normalized spacial score (nSPS) is 18.7. The molecule has 2 aliphatic rings. The molecular formula is C38H46N8O4. The highest BCUT2D eigenvalue weighted by molar-refractivity contribution is 5.87. The summed E-state index contributed by atoms with van der Waals surface area (Å²) >= 11 is 0. The summed E-state index contributed by atoms with van der Waals surface area (Å²) < 4.78 is 4.75. The van der Waals surface area contributed by atoms with Gasteiger partial charge in [-0.3, -0.25) is 9.59 Å². The topological polar surface area (TPSA) is 162 Å². The number of nitrogens with one attached hydrogen (secondary N) is 3. The Labute approximate surface area is 292 Å². The maximum Gasteiger partial charge on any atom is 0.407 e. The molecule has 12 nitrogen and oxygen atoms in total. The van der Waals surface area contributed by atoms with Gasteiger partial charge in [0.25, 0.3) is 0 Å². The van der Waals surface area contributed by atoms with Crippen molar-refractivity contribution in [3.05, 3.63) is 71.4 Å². The number of aromatic nitrogens is 4. The summed E-state index contributed by atoms with van der Waals surface area (Å²) in [4.78, 5) is 58.4. The number of hydrogen-bond acceptors (Lipinski definition) is 7. The van der Waals surface area contributed by atoms with Crippen LogP contribution in [-0.4, -0.2) is 79.9 Å². The van der Waals surface area contributed by atoms with Gasteiger partial charge in [-0.25, -0.2) is 14.8 Å². The number of hydrogen-bond donors (Lipinski definition) is 4. The van der Waals surface area contributed by atoms with Gasteiger partial charge in [-0.15, -0.1) is 0 Å². The number of methoxy groups -OCH3 is 1. The third-order valence-electron chi connectivity index (χ3n) is 9.74. The van der Waals surface area contributed by atoms with Gasteiger partial charge in [0.05, 0.1) is 48.2 Å². The van der Waals surface area contributed by atoms with Crippen molar-refractivity contribution in [3.8, 4) is 23.1 Å². The number of amides is 3. The van der Waals surface area contributed by atoms with Gasteiger partial charge in [-0.1, -0.05) is 51.7 Å². The van der Waals surface area contributed by atoms with E-state index in [1.165, 1.54) is 7.11 Å². The first-order valence-electron chi connectivity index (χ1n) is 17.4. The maximum atomic E-state index is 13.5. The van der Waals surface area contributed by atoms with Crippen LogP contribution in [0.1, 0.15) is 88.2 Å². The van der Waals surface area contributed by atoms with Crippen LogP contribution in [0.3, 0.4) is 0 Å². The minimum absolute atomic E-state index is 0.0194. The second-order valence-corrected chi connectivity index (χ2v) is 13.9. The van der Waals surface area contributed by atoms with Crippen molar-refractivity contribution in [3.63, 3.8) is 0 Å². The Morgan fingerprint density at radius 2 is 1.52 bits per heavy atom. The summed E-state index contributed by atoms with van der Waals surface area (Å²) in [5.41, 5.74) is 11.4. The van der Waals surface area contributed by atoms with Crippen LogP contribution >= 0.6 is 0 Å². The minimum Gasteiger partial charge on any atom is -0.453 e. The van der Waals surface area contributed by atoms with Crippen molar-refractivity contribution in [1.29, 1.82) is 0 Å². The molecule has 4 heterocycles. The summed E-state index contributed by atoms with van der Waals surface area (Å²) in [7, 11) is 1.29. The number of carbonyl (C=O) groups is 3. The highest BCUT2D eigenvalue weighted by atomic mass is 16.5. The second kappa shape index (κ2) is 14.8. The van der Waals surface area contributed by atoms with E-state index in [0.29, 0.717) is 13.1 Å². The molecule has 262 valence electrons. The number of likely N-dealkylation sites (tertiary alicyclic amines) is 2. The lowest BCUT2D eigenvalue weighted by Gasteiger charge is -2.29. The molecule has 0 aliphatic carbocycles. The Bertz CT molecular complexity index is 1920. The fourth-order valence-electron chi connectivity index (χ4n) is 6.78. The quantitative estimate of drug-likeness (QED) is 0.190. The van der Waals surface area contributed by atoms with Crippen LogP contribution in [0.15, 0.2) is 48.7 Å². The lowest BCUT2D eigenvalue weighted by atomic mass is 10.0. The lowest BCUT2D eigenvalue weighted by molar-refractivity contribution is -0.136.